The molecular weight excluding hydrogens is 238 g/mol. The maximum Gasteiger partial charge on any atom is 0.271 e. The fourth-order valence-electron chi connectivity index (χ4n) is 1.66. The summed E-state index contributed by atoms with van der Waals surface area (Å²) in [5, 5.41) is 4.07. The molecule has 2 aromatic rings. The van der Waals surface area contributed by atoms with Gasteiger partial charge in [0.15, 0.2) is 0 Å². The number of nitrogens with one attached hydrogen (secondary N) is 1. The molecule has 1 N–H and O–H groups in total. The molecule has 0 aliphatic carbocycles. The zero-order chi connectivity index (χ0) is 13.7. The summed E-state index contributed by atoms with van der Waals surface area (Å²) in [7, 11) is 0. The van der Waals surface area contributed by atoms with E-state index in [1.807, 2.05) is 43.3 Å². The molecule has 1 aromatic carbocycles. The third-order valence-corrected chi connectivity index (χ3v) is 2.75. The monoisotopic (exact) mass is 253 g/mol. The number of amides is 1. The van der Waals surface area contributed by atoms with Crippen molar-refractivity contribution in [1.82, 2.24) is 10.4 Å². The molecule has 0 fully saturated rings. The van der Waals surface area contributed by atoms with Gasteiger partial charge in [-0.1, -0.05) is 24.3 Å². The van der Waals surface area contributed by atoms with Crippen molar-refractivity contribution >= 4 is 11.6 Å². The van der Waals surface area contributed by atoms with Gasteiger partial charge in [-0.2, -0.15) is 5.10 Å². The van der Waals surface area contributed by atoms with E-state index in [4.69, 9.17) is 0 Å². The minimum absolute atomic E-state index is 0.214. The fourth-order valence-corrected chi connectivity index (χ4v) is 1.66. The van der Waals surface area contributed by atoms with Crippen LogP contribution in [0.3, 0.4) is 0 Å². The highest BCUT2D eigenvalue weighted by atomic mass is 16.2. The average molecular weight is 253 g/mol. The maximum atomic E-state index is 12.0. The van der Waals surface area contributed by atoms with Crippen LogP contribution in [-0.4, -0.2) is 16.6 Å². The van der Waals surface area contributed by atoms with Crippen LogP contribution in [0.25, 0.3) is 0 Å². The van der Waals surface area contributed by atoms with Gasteiger partial charge >= 0.3 is 0 Å². The van der Waals surface area contributed by atoms with Crippen molar-refractivity contribution in [1.29, 1.82) is 0 Å². The Hall–Kier alpha value is -2.49. The summed E-state index contributed by atoms with van der Waals surface area (Å²) >= 11 is 0. The highest BCUT2D eigenvalue weighted by Gasteiger charge is 2.07. The van der Waals surface area contributed by atoms with Gasteiger partial charge in [0.1, 0.15) is 0 Å². The summed E-state index contributed by atoms with van der Waals surface area (Å²) in [5.41, 5.74) is 5.51. The molecule has 0 bridgehead atoms. The second-order valence-electron chi connectivity index (χ2n) is 4.17. The van der Waals surface area contributed by atoms with E-state index < -0.39 is 0 Å². The van der Waals surface area contributed by atoms with Crippen molar-refractivity contribution in [3.63, 3.8) is 0 Å². The van der Waals surface area contributed by atoms with Crippen molar-refractivity contribution in [2.24, 2.45) is 5.10 Å². The lowest BCUT2D eigenvalue weighted by molar-refractivity contribution is 0.0954. The van der Waals surface area contributed by atoms with Crippen LogP contribution in [0.5, 0.6) is 0 Å². The Kier molecular flexibility index (Phi) is 4.03. The van der Waals surface area contributed by atoms with Crippen molar-refractivity contribution in [2.75, 3.05) is 0 Å². The van der Waals surface area contributed by atoms with Crippen LogP contribution in [0.1, 0.15) is 28.5 Å². The first-order chi connectivity index (χ1) is 9.18. The normalized spacial score (nSPS) is 11.2. The molecule has 1 aromatic heterocycles. The summed E-state index contributed by atoms with van der Waals surface area (Å²) < 4.78 is 0. The fraction of sp³-hybridized carbons (Fsp3) is 0.133. The van der Waals surface area contributed by atoms with Crippen LogP contribution in [0.15, 0.2) is 53.8 Å². The van der Waals surface area contributed by atoms with Crippen LogP contribution in [0, 0.1) is 6.92 Å². The summed E-state index contributed by atoms with van der Waals surface area (Å²) in [5.74, 6) is -0.214. The molecule has 0 unspecified atom stereocenters. The predicted molar refractivity (Wildman–Crippen MR) is 75.1 cm³/mol. The van der Waals surface area contributed by atoms with Gasteiger partial charge in [0.2, 0.25) is 0 Å². The van der Waals surface area contributed by atoms with Gasteiger partial charge in [0.05, 0.1) is 11.4 Å². The lowest BCUT2D eigenvalue weighted by atomic mass is 10.1. The largest absolute Gasteiger partial charge is 0.271 e. The minimum Gasteiger partial charge on any atom is -0.267 e. The first kappa shape index (κ1) is 13.0. The van der Waals surface area contributed by atoms with E-state index in [1.54, 1.807) is 19.2 Å². The molecule has 0 aliphatic heterocycles. The number of rotatable bonds is 3. The molecule has 0 saturated heterocycles. The number of pyridine rings is 1. The second-order valence-corrected chi connectivity index (χ2v) is 4.17. The SMILES string of the molecule is CC(=NNC(=O)c1ccccc1C)c1ccccn1. The summed E-state index contributed by atoms with van der Waals surface area (Å²) in [4.78, 5) is 16.1. The van der Waals surface area contributed by atoms with Gasteiger partial charge in [-0.25, -0.2) is 5.43 Å². The minimum atomic E-state index is -0.214. The number of nitrogens with zero attached hydrogens (tertiary/aromatic N) is 2. The Bertz CT molecular complexity index is 606. The van der Waals surface area contributed by atoms with Gasteiger partial charge < -0.3 is 0 Å². The van der Waals surface area contributed by atoms with E-state index in [0.717, 1.165) is 11.3 Å². The summed E-state index contributed by atoms with van der Waals surface area (Å²) in [6.45, 7) is 3.70. The second kappa shape index (κ2) is 5.91. The quantitative estimate of drug-likeness (QED) is 0.675. The van der Waals surface area contributed by atoms with Crippen LogP contribution in [0.4, 0.5) is 0 Å². The predicted octanol–water partition coefficient (Wildman–Crippen LogP) is 2.54. The number of aryl methyl sites for hydroxylation is 1. The molecule has 1 heterocycles. The van der Waals surface area contributed by atoms with Gasteiger partial charge in [-0.15, -0.1) is 0 Å². The molecule has 4 nitrogen and oxygen atoms in total. The summed E-state index contributed by atoms with van der Waals surface area (Å²) in [6, 6.07) is 13.0. The first-order valence-corrected chi connectivity index (χ1v) is 6.00. The van der Waals surface area contributed by atoms with Crippen LogP contribution < -0.4 is 5.43 Å². The van der Waals surface area contributed by atoms with Crippen molar-refractivity contribution in [3.05, 3.63) is 65.5 Å². The van der Waals surface area contributed by atoms with Crippen LogP contribution in [-0.2, 0) is 0 Å². The number of hydrogen-bond acceptors (Lipinski definition) is 3. The molecule has 4 heteroatoms. The zero-order valence-corrected chi connectivity index (χ0v) is 10.9. The maximum absolute atomic E-state index is 12.0. The van der Waals surface area contributed by atoms with Crippen molar-refractivity contribution < 1.29 is 4.79 Å². The number of aromatic nitrogens is 1. The Morgan fingerprint density at radius 3 is 2.58 bits per heavy atom. The number of carbonyl (C=O) groups is 1. The van der Waals surface area contributed by atoms with Gasteiger partial charge in [0.25, 0.3) is 5.91 Å². The molecule has 0 aliphatic rings. The number of hydrazone groups is 1. The van der Waals surface area contributed by atoms with Crippen LogP contribution >= 0.6 is 0 Å². The smallest absolute Gasteiger partial charge is 0.267 e. The van der Waals surface area contributed by atoms with E-state index in [0.29, 0.717) is 11.3 Å². The van der Waals surface area contributed by atoms with Gasteiger partial charge in [-0.05, 0) is 37.6 Å². The lowest BCUT2D eigenvalue weighted by Gasteiger charge is -2.04. The Morgan fingerprint density at radius 2 is 1.89 bits per heavy atom. The Morgan fingerprint density at radius 1 is 1.16 bits per heavy atom. The molecule has 0 radical (unpaired) electrons. The third kappa shape index (κ3) is 3.25. The van der Waals surface area contributed by atoms with Crippen molar-refractivity contribution in [3.8, 4) is 0 Å². The number of carbonyl (C=O) groups excluding carboxylic acids is 1. The Labute approximate surface area is 112 Å². The van der Waals surface area contributed by atoms with E-state index in [2.05, 4.69) is 15.5 Å². The zero-order valence-electron chi connectivity index (χ0n) is 10.9. The molecule has 19 heavy (non-hydrogen) atoms. The Balaban J connectivity index is 2.11. The van der Waals surface area contributed by atoms with Crippen LogP contribution in [0.2, 0.25) is 0 Å². The van der Waals surface area contributed by atoms with E-state index in [1.165, 1.54) is 0 Å². The number of hydrogen-bond donors (Lipinski definition) is 1. The molecule has 96 valence electrons. The van der Waals surface area contributed by atoms with E-state index >= 15 is 0 Å². The molecule has 0 atom stereocenters. The molecule has 0 saturated carbocycles. The van der Waals surface area contributed by atoms with E-state index in [9.17, 15) is 4.79 Å². The molecular formula is C15H15N3O. The highest BCUT2D eigenvalue weighted by Crippen LogP contribution is 2.06. The molecule has 0 spiro atoms. The molecule has 2 rings (SSSR count). The lowest BCUT2D eigenvalue weighted by Crippen LogP contribution is -2.20. The summed E-state index contributed by atoms with van der Waals surface area (Å²) in [6.07, 6.45) is 1.69. The third-order valence-electron chi connectivity index (χ3n) is 2.75. The van der Waals surface area contributed by atoms with E-state index in [-0.39, 0.29) is 5.91 Å². The average Bonchev–Trinajstić information content (AvgIpc) is 2.46. The highest BCUT2D eigenvalue weighted by molar-refractivity contribution is 6.00. The molecule has 1 amide bonds. The topological polar surface area (TPSA) is 54.4 Å². The number of benzene rings is 1. The van der Waals surface area contributed by atoms with Gasteiger partial charge in [-0.3, -0.25) is 9.78 Å². The standard InChI is InChI=1S/C15H15N3O/c1-11-7-3-4-8-13(11)15(19)18-17-12(2)14-9-5-6-10-16-14/h3-10H,1-2H3,(H,18,19). The first-order valence-electron chi connectivity index (χ1n) is 6.00. The van der Waals surface area contributed by atoms with Gasteiger partial charge in [0, 0.05) is 11.8 Å². The van der Waals surface area contributed by atoms with Crippen molar-refractivity contribution in [2.45, 2.75) is 13.8 Å².